The Hall–Kier alpha value is -3.67. The van der Waals surface area contributed by atoms with E-state index in [4.69, 9.17) is 22.9 Å². The lowest BCUT2D eigenvalue weighted by molar-refractivity contribution is -0.118. The summed E-state index contributed by atoms with van der Waals surface area (Å²) in [6.07, 6.45) is 0. The van der Waals surface area contributed by atoms with Crippen molar-refractivity contribution in [3.05, 3.63) is 93.8 Å². The van der Waals surface area contributed by atoms with Crippen LogP contribution in [0, 0.1) is 13.5 Å². The van der Waals surface area contributed by atoms with Gasteiger partial charge in [0.25, 0.3) is 5.91 Å². The molecule has 36 heavy (non-hydrogen) atoms. The number of carbonyl (C=O) groups excluding carboxylic acids is 2. The van der Waals surface area contributed by atoms with Crippen molar-refractivity contribution in [1.82, 2.24) is 0 Å². The molecule has 184 valence electrons. The Morgan fingerprint density at radius 3 is 2.61 bits per heavy atom. The third kappa shape index (κ3) is 6.11. The lowest BCUT2D eigenvalue weighted by Crippen LogP contribution is -2.37. The van der Waals surface area contributed by atoms with Crippen molar-refractivity contribution in [2.75, 3.05) is 41.4 Å². The van der Waals surface area contributed by atoms with Gasteiger partial charge in [0.2, 0.25) is 0 Å². The summed E-state index contributed by atoms with van der Waals surface area (Å²) in [6.45, 7) is 10.3. The molecule has 7 nitrogen and oxygen atoms in total. The lowest BCUT2D eigenvalue weighted by atomic mass is 10.0. The number of benzene rings is 3. The molecule has 1 heterocycles. The fourth-order valence-electron chi connectivity index (χ4n) is 3.89. The van der Waals surface area contributed by atoms with Gasteiger partial charge in [-0.25, -0.2) is 4.85 Å². The van der Waals surface area contributed by atoms with Crippen LogP contribution in [-0.4, -0.2) is 47.1 Å². The molecule has 0 radical (unpaired) electrons. The summed E-state index contributed by atoms with van der Waals surface area (Å²) in [5, 5.41) is 3.20. The van der Waals surface area contributed by atoms with Crippen LogP contribution >= 0.6 is 11.6 Å². The predicted octanol–water partition coefficient (Wildman–Crippen LogP) is 5.02. The maximum Gasteiger partial charge on any atom is 0.262 e. The molecule has 1 aliphatic rings. The van der Waals surface area contributed by atoms with E-state index in [1.165, 1.54) is 12.1 Å². The van der Waals surface area contributed by atoms with E-state index < -0.39 is 10.8 Å². The van der Waals surface area contributed by atoms with Crippen LogP contribution in [0.25, 0.3) is 4.85 Å². The van der Waals surface area contributed by atoms with Crippen molar-refractivity contribution in [3.63, 3.8) is 0 Å². The number of ether oxygens (including phenoxy) is 1. The summed E-state index contributed by atoms with van der Waals surface area (Å²) >= 11 is 6.12. The van der Waals surface area contributed by atoms with Crippen molar-refractivity contribution in [2.24, 2.45) is 0 Å². The molecule has 1 fully saturated rings. The van der Waals surface area contributed by atoms with Gasteiger partial charge in [-0.2, -0.15) is 0 Å². The second-order valence-electron chi connectivity index (χ2n) is 8.30. The normalized spacial score (nSPS) is 13.6. The number of anilines is 2. The monoisotopic (exact) mass is 521 g/mol. The Bertz CT molecular complexity index is 1380. The number of carbonyl (C=O) groups is 2. The summed E-state index contributed by atoms with van der Waals surface area (Å²) in [5.74, 6) is 0.820. The van der Waals surface area contributed by atoms with Crippen molar-refractivity contribution in [3.8, 4) is 5.75 Å². The minimum atomic E-state index is -0.742. The van der Waals surface area contributed by atoms with E-state index in [-0.39, 0.29) is 29.6 Å². The molecule has 0 aromatic heterocycles. The minimum absolute atomic E-state index is 0.209. The van der Waals surface area contributed by atoms with Crippen molar-refractivity contribution >= 4 is 51.2 Å². The fraction of sp³-hybridized carbons (Fsp3) is 0.222. The third-order valence-electron chi connectivity index (χ3n) is 5.81. The Morgan fingerprint density at radius 2 is 1.89 bits per heavy atom. The van der Waals surface area contributed by atoms with E-state index in [0.29, 0.717) is 33.5 Å². The van der Waals surface area contributed by atoms with E-state index in [2.05, 4.69) is 15.1 Å². The maximum atomic E-state index is 13.1. The first-order valence-corrected chi connectivity index (χ1v) is 13.2. The Kier molecular flexibility index (Phi) is 8.04. The first-order valence-electron chi connectivity index (χ1n) is 11.3. The highest BCUT2D eigenvalue weighted by atomic mass is 35.5. The fourth-order valence-corrected chi connectivity index (χ4v) is 5.11. The van der Waals surface area contributed by atoms with E-state index in [0.717, 1.165) is 24.3 Å². The smallest absolute Gasteiger partial charge is 0.262 e. The van der Waals surface area contributed by atoms with Crippen LogP contribution < -0.4 is 15.0 Å². The quantitative estimate of drug-likeness (QED) is 0.349. The van der Waals surface area contributed by atoms with Gasteiger partial charge < -0.3 is 15.0 Å². The van der Waals surface area contributed by atoms with Gasteiger partial charge in [-0.3, -0.25) is 13.8 Å². The van der Waals surface area contributed by atoms with Crippen molar-refractivity contribution in [1.29, 1.82) is 0 Å². The molecule has 3 aromatic rings. The molecular formula is C27H24ClN3O4S. The Morgan fingerprint density at radius 1 is 1.11 bits per heavy atom. The third-order valence-corrected chi connectivity index (χ3v) is 7.32. The number of rotatable bonds is 7. The molecule has 0 spiro atoms. The van der Waals surface area contributed by atoms with Crippen molar-refractivity contribution < 1.29 is 18.5 Å². The van der Waals surface area contributed by atoms with Crippen LogP contribution in [0.15, 0.2) is 60.7 Å². The molecule has 1 saturated heterocycles. The van der Waals surface area contributed by atoms with Gasteiger partial charge in [-0.1, -0.05) is 29.8 Å². The summed E-state index contributed by atoms with van der Waals surface area (Å²) in [5.41, 5.74) is 3.48. The number of nitrogens with one attached hydrogen (secondary N) is 1. The van der Waals surface area contributed by atoms with Crippen LogP contribution in [0.1, 0.15) is 21.5 Å². The van der Waals surface area contributed by atoms with Crippen molar-refractivity contribution in [2.45, 2.75) is 6.92 Å². The first kappa shape index (κ1) is 25.4. The summed E-state index contributed by atoms with van der Waals surface area (Å²) in [6, 6.07) is 16.8. The number of halogens is 1. The molecule has 0 unspecified atom stereocenters. The number of ketones is 1. The SMILES string of the molecule is [C-]#[N+]c1cccc(C(=O)c2cc(Cl)ccc2OCC(=O)Nc2ccc(N3CCS(=O)CC3)cc2C)c1. The van der Waals surface area contributed by atoms with Crippen LogP contribution in [0.3, 0.4) is 0 Å². The molecule has 0 saturated carbocycles. The Labute approximate surface area is 217 Å². The largest absolute Gasteiger partial charge is 0.483 e. The number of nitrogens with zero attached hydrogens (tertiary/aromatic N) is 2. The van der Waals surface area contributed by atoms with Gasteiger partial charge >= 0.3 is 0 Å². The first-order chi connectivity index (χ1) is 17.3. The average Bonchev–Trinajstić information content (AvgIpc) is 2.89. The van der Waals surface area contributed by atoms with Gasteiger partial charge in [0, 0.05) is 57.4 Å². The molecule has 1 amide bonds. The maximum absolute atomic E-state index is 13.1. The summed E-state index contributed by atoms with van der Waals surface area (Å²) in [7, 11) is -0.742. The van der Waals surface area contributed by atoms with Crippen LogP contribution in [0.2, 0.25) is 5.02 Å². The second-order valence-corrected chi connectivity index (χ2v) is 10.4. The molecule has 0 bridgehead atoms. The summed E-state index contributed by atoms with van der Waals surface area (Å²) in [4.78, 5) is 31.3. The van der Waals surface area contributed by atoms with Gasteiger partial charge in [0.1, 0.15) is 5.75 Å². The molecule has 0 atom stereocenters. The molecule has 9 heteroatoms. The van der Waals surface area contributed by atoms with Gasteiger partial charge in [0.15, 0.2) is 18.1 Å². The number of aryl methyl sites for hydroxylation is 1. The highest BCUT2D eigenvalue weighted by Gasteiger charge is 2.18. The molecule has 0 aliphatic carbocycles. The summed E-state index contributed by atoms with van der Waals surface area (Å²) < 4.78 is 17.3. The van der Waals surface area contributed by atoms with E-state index in [9.17, 15) is 13.8 Å². The molecule has 1 N–H and O–H groups in total. The van der Waals surface area contributed by atoms with Crippen LogP contribution in [0.4, 0.5) is 17.1 Å². The van der Waals surface area contributed by atoms with E-state index in [1.54, 1.807) is 30.3 Å². The number of hydrogen-bond acceptors (Lipinski definition) is 5. The predicted molar refractivity (Wildman–Crippen MR) is 143 cm³/mol. The highest BCUT2D eigenvalue weighted by Crippen LogP contribution is 2.28. The van der Waals surface area contributed by atoms with E-state index >= 15 is 0 Å². The topological polar surface area (TPSA) is 80.1 Å². The van der Waals surface area contributed by atoms with Crippen LogP contribution in [-0.2, 0) is 15.6 Å². The highest BCUT2D eigenvalue weighted by molar-refractivity contribution is 7.85. The molecule has 3 aromatic carbocycles. The van der Waals surface area contributed by atoms with Gasteiger partial charge in [-0.05, 0) is 55.0 Å². The number of amides is 1. The Balaban J connectivity index is 1.43. The zero-order valence-corrected chi connectivity index (χ0v) is 21.2. The molecular weight excluding hydrogens is 498 g/mol. The average molecular weight is 522 g/mol. The molecule has 4 rings (SSSR count). The van der Waals surface area contributed by atoms with Gasteiger partial charge in [0.05, 0.1) is 12.1 Å². The zero-order chi connectivity index (χ0) is 25.7. The number of hydrogen-bond donors (Lipinski definition) is 1. The standard InChI is InChI=1S/C27H24ClN3O4S/c1-18-14-22(31-10-12-36(34)13-11-31)7-8-24(18)30-26(32)17-35-25-9-6-20(28)16-23(25)27(33)19-4-3-5-21(15-19)29-2/h3-9,14-16H,10-13,17H2,1H3,(H,30,32). The second kappa shape index (κ2) is 11.4. The van der Waals surface area contributed by atoms with E-state index in [1.807, 2.05) is 25.1 Å². The van der Waals surface area contributed by atoms with Crippen LogP contribution in [0.5, 0.6) is 5.75 Å². The minimum Gasteiger partial charge on any atom is -0.483 e. The van der Waals surface area contributed by atoms with Gasteiger partial charge in [-0.15, -0.1) is 0 Å². The molecule has 1 aliphatic heterocycles. The zero-order valence-electron chi connectivity index (χ0n) is 19.6. The lowest BCUT2D eigenvalue weighted by Gasteiger charge is -2.29.